The maximum absolute atomic E-state index is 14.1. The lowest BCUT2D eigenvalue weighted by molar-refractivity contribution is -0.384. The Bertz CT molecular complexity index is 1710. The number of phenols is 1. The third-order valence-corrected chi connectivity index (χ3v) is 10.4. The summed E-state index contributed by atoms with van der Waals surface area (Å²) in [7, 11) is 1.70. The number of carbonyl (C=O) groups is 1. The van der Waals surface area contributed by atoms with Crippen LogP contribution in [0.15, 0.2) is 78.0 Å². The summed E-state index contributed by atoms with van der Waals surface area (Å²) in [6, 6.07) is 10.3. The first-order valence-corrected chi connectivity index (χ1v) is 18.5. The molecule has 0 radical (unpaired) electrons. The topological polar surface area (TPSA) is 164 Å². The van der Waals surface area contributed by atoms with Crippen molar-refractivity contribution >= 4 is 23.4 Å². The van der Waals surface area contributed by atoms with Crippen molar-refractivity contribution in [2.75, 3.05) is 26.9 Å². The summed E-state index contributed by atoms with van der Waals surface area (Å²) >= 11 is 0. The van der Waals surface area contributed by atoms with Crippen molar-refractivity contribution in [1.82, 2.24) is 4.90 Å². The number of likely N-dealkylation sites (N-methyl/N-ethyl adjacent to an activating group) is 1. The lowest BCUT2D eigenvalue weighted by Gasteiger charge is -2.59. The third kappa shape index (κ3) is 8.83. The molecule has 2 aromatic carbocycles. The van der Waals surface area contributed by atoms with E-state index >= 15 is 0 Å². The third-order valence-electron chi connectivity index (χ3n) is 10.4. The lowest BCUT2D eigenvalue weighted by Crippen LogP contribution is -2.69. The summed E-state index contributed by atoms with van der Waals surface area (Å²) in [5.74, 6) is -1.71. The Kier molecular flexibility index (Phi) is 12.8. The van der Waals surface area contributed by atoms with Crippen molar-refractivity contribution in [2.24, 2.45) is 22.9 Å². The molecule has 2 aromatic rings. The number of non-ortho nitro benzene ring substituents is 1. The zero-order valence-corrected chi connectivity index (χ0v) is 31.1. The molecule has 1 amide bonds. The van der Waals surface area contributed by atoms with Gasteiger partial charge in [0.1, 0.15) is 23.1 Å². The molecule has 5 rings (SSSR count). The van der Waals surface area contributed by atoms with E-state index in [0.29, 0.717) is 29.9 Å². The van der Waals surface area contributed by atoms with Crippen LogP contribution in [0.2, 0.25) is 0 Å². The van der Waals surface area contributed by atoms with E-state index in [1.54, 1.807) is 54.4 Å². The second kappa shape index (κ2) is 17.1. The van der Waals surface area contributed by atoms with Crippen molar-refractivity contribution < 1.29 is 39.3 Å². The molecular weight excluding hydrogens is 678 g/mol. The standard InChI is InChI=1S/C41H53N3O9/c1-6-23-51-41-36(43(5)37(48)20-15-27-13-16-29(17-14-27)44(49)50)26-34(42-53-40(2,3)4)32-24-28(11-7-9-21-45)31(12-8-10-22-46)38(39(32)41)33-25-30(47)18-19-35(33)52-41/h6,13-20,24-25,28,31,36,38-39,45-47H,1,7-12,21-23,26H2,2-5H3/t28-,31+,36-,38+,39+,41+/m0/s1. The number of nitrogens with zero attached hydrogens (tertiary/aromatic N) is 3. The number of unbranched alkanes of at least 4 members (excludes halogenated alkanes) is 2. The maximum atomic E-state index is 14.1. The van der Waals surface area contributed by atoms with Gasteiger partial charge in [0.15, 0.2) is 0 Å². The Labute approximate surface area is 311 Å². The minimum atomic E-state index is -1.41. The van der Waals surface area contributed by atoms with Crippen LogP contribution in [0, 0.1) is 27.9 Å². The fourth-order valence-electron chi connectivity index (χ4n) is 8.07. The second-order valence-electron chi connectivity index (χ2n) is 15.1. The number of nitro benzene ring substituents is 1. The summed E-state index contributed by atoms with van der Waals surface area (Å²) < 4.78 is 13.9. The van der Waals surface area contributed by atoms with Crippen LogP contribution < -0.4 is 4.74 Å². The van der Waals surface area contributed by atoms with Crippen molar-refractivity contribution in [2.45, 2.75) is 89.1 Å². The van der Waals surface area contributed by atoms with Gasteiger partial charge in [-0.25, -0.2) is 0 Å². The van der Waals surface area contributed by atoms with Crippen molar-refractivity contribution in [3.8, 4) is 11.5 Å². The summed E-state index contributed by atoms with van der Waals surface area (Å²) in [6.07, 6.45) is 11.7. The summed E-state index contributed by atoms with van der Waals surface area (Å²) in [5, 5.41) is 46.2. The Morgan fingerprint density at radius 1 is 1.11 bits per heavy atom. The van der Waals surface area contributed by atoms with E-state index in [1.807, 2.05) is 20.8 Å². The molecule has 1 saturated carbocycles. The highest BCUT2D eigenvalue weighted by Crippen LogP contribution is 2.61. The first-order chi connectivity index (χ1) is 25.3. The van der Waals surface area contributed by atoms with Gasteiger partial charge in [-0.15, -0.1) is 6.58 Å². The molecule has 12 nitrogen and oxygen atoms in total. The number of amides is 1. The number of ether oxygens (including phenoxy) is 2. The van der Waals surface area contributed by atoms with Gasteiger partial charge >= 0.3 is 0 Å². The average Bonchev–Trinajstić information content (AvgIpc) is 3.13. The largest absolute Gasteiger partial charge is 0.508 e. The van der Waals surface area contributed by atoms with Crippen LogP contribution in [-0.2, 0) is 14.4 Å². The van der Waals surface area contributed by atoms with Crippen LogP contribution in [0.1, 0.15) is 82.8 Å². The molecule has 0 bridgehead atoms. The number of benzene rings is 2. The van der Waals surface area contributed by atoms with E-state index in [1.165, 1.54) is 18.2 Å². The van der Waals surface area contributed by atoms with Crippen molar-refractivity contribution in [3.05, 3.63) is 94.1 Å². The van der Waals surface area contributed by atoms with Gasteiger partial charge in [-0.3, -0.25) is 14.9 Å². The molecule has 0 saturated heterocycles. The maximum Gasteiger partial charge on any atom is 0.269 e. The molecule has 0 aromatic heterocycles. The lowest BCUT2D eigenvalue weighted by atomic mass is 9.55. The number of oxime groups is 1. The molecule has 2 aliphatic carbocycles. The summed E-state index contributed by atoms with van der Waals surface area (Å²) in [4.78, 5) is 32.5. The van der Waals surface area contributed by atoms with E-state index in [0.717, 1.165) is 36.8 Å². The van der Waals surface area contributed by atoms with Crippen LogP contribution >= 0.6 is 0 Å². The zero-order valence-electron chi connectivity index (χ0n) is 31.1. The molecule has 0 unspecified atom stereocenters. The van der Waals surface area contributed by atoms with E-state index in [2.05, 4.69) is 12.7 Å². The Morgan fingerprint density at radius 3 is 2.45 bits per heavy atom. The number of hydrogen-bond donors (Lipinski definition) is 3. The number of aliphatic hydroxyl groups excluding tert-OH is 2. The van der Waals surface area contributed by atoms with E-state index < -0.39 is 28.3 Å². The van der Waals surface area contributed by atoms with E-state index in [4.69, 9.17) is 19.5 Å². The van der Waals surface area contributed by atoms with Gasteiger partial charge < -0.3 is 34.5 Å². The first kappa shape index (κ1) is 39.7. The number of aliphatic hydroxyl groups is 2. The second-order valence-corrected chi connectivity index (χ2v) is 15.1. The molecule has 1 aliphatic heterocycles. The molecule has 1 fully saturated rings. The minimum Gasteiger partial charge on any atom is -0.508 e. The predicted octanol–water partition coefficient (Wildman–Crippen LogP) is 6.90. The number of rotatable bonds is 16. The van der Waals surface area contributed by atoms with Gasteiger partial charge in [0.05, 0.1) is 23.2 Å². The molecule has 1 heterocycles. The Balaban J connectivity index is 1.69. The SMILES string of the molecule is C=CCO[C@@]12Oc3ccc(O)cc3[C@H]3[C@H](CCCCO)[C@@H](CCCCO)C=C(C(=NOC(C)(C)C)C[C@@H]1N(C)C(=O)C=Cc1ccc([N+](=O)[O-])cc1)[C@H]32. The van der Waals surface area contributed by atoms with Crippen LogP contribution in [0.5, 0.6) is 11.5 Å². The monoisotopic (exact) mass is 731 g/mol. The number of hydrogen-bond acceptors (Lipinski definition) is 10. The van der Waals surface area contributed by atoms with Gasteiger partial charge in [-0.2, -0.15) is 0 Å². The predicted molar refractivity (Wildman–Crippen MR) is 202 cm³/mol. The molecular formula is C41H53N3O9. The highest BCUT2D eigenvalue weighted by atomic mass is 16.7. The smallest absolute Gasteiger partial charge is 0.269 e. The van der Waals surface area contributed by atoms with Crippen molar-refractivity contribution in [3.63, 3.8) is 0 Å². The number of allylic oxidation sites excluding steroid dienone is 1. The highest BCUT2D eigenvalue weighted by Gasteiger charge is 2.65. The van der Waals surface area contributed by atoms with Crippen LogP contribution in [0.3, 0.4) is 0 Å². The summed E-state index contributed by atoms with van der Waals surface area (Å²) in [5.41, 5.74) is 2.39. The fourth-order valence-corrected chi connectivity index (χ4v) is 8.07. The number of carbonyl (C=O) groups excluding carboxylic acids is 1. The Hall–Kier alpha value is -4.52. The van der Waals surface area contributed by atoms with Crippen molar-refractivity contribution in [1.29, 1.82) is 0 Å². The van der Waals surface area contributed by atoms with Crippen LogP contribution in [0.4, 0.5) is 5.69 Å². The number of fused-ring (bicyclic) bond motifs is 2. The van der Waals surface area contributed by atoms with Gasteiger partial charge in [-0.1, -0.05) is 30.1 Å². The number of phenolic OH excluding ortho intramolecular Hbond substituents is 1. The zero-order chi connectivity index (χ0) is 38.3. The molecule has 53 heavy (non-hydrogen) atoms. The summed E-state index contributed by atoms with van der Waals surface area (Å²) in [6.45, 7) is 9.99. The molecule has 12 heteroatoms. The first-order valence-electron chi connectivity index (χ1n) is 18.5. The number of aromatic hydroxyl groups is 1. The van der Waals surface area contributed by atoms with E-state index in [9.17, 15) is 30.2 Å². The minimum absolute atomic E-state index is 0.0386. The fraction of sp³-hybridized carbons (Fsp3) is 0.512. The number of nitro groups is 1. The Morgan fingerprint density at radius 2 is 1.81 bits per heavy atom. The average molecular weight is 732 g/mol. The quantitative estimate of drug-likeness (QED) is 0.0548. The molecule has 3 N–H and O–H groups in total. The molecule has 3 aliphatic rings. The van der Waals surface area contributed by atoms with Gasteiger partial charge in [0.25, 0.3) is 5.69 Å². The van der Waals surface area contributed by atoms with Gasteiger partial charge in [0, 0.05) is 56.4 Å². The van der Waals surface area contributed by atoms with Crippen LogP contribution in [-0.4, -0.2) is 81.1 Å². The van der Waals surface area contributed by atoms with Crippen LogP contribution in [0.25, 0.3) is 6.08 Å². The van der Waals surface area contributed by atoms with Gasteiger partial charge in [0.2, 0.25) is 11.7 Å². The molecule has 0 spiro atoms. The molecule has 286 valence electrons. The normalized spacial score (nSPS) is 25.6. The molecule has 6 atom stereocenters. The highest BCUT2D eigenvalue weighted by molar-refractivity contribution is 6.03. The van der Waals surface area contributed by atoms with Gasteiger partial charge in [-0.05, 0) is 106 Å². The van der Waals surface area contributed by atoms with E-state index in [-0.39, 0.29) is 61.3 Å².